The van der Waals surface area contributed by atoms with Gasteiger partial charge >= 0.3 is 0 Å². The Morgan fingerprint density at radius 2 is 1.74 bits per heavy atom. The summed E-state index contributed by atoms with van der Waals surface area (Å²) < 4.78 is 0. The standard InChI is InChI=1S/C28H46O3/c1-18(9-10-19(2)27(4,5)31)23-13-14-24-22(8-7-15-28(23,24)6)12-11-21-16-25(29)20(3)26(30)17-21/h11-12,18-19,23-26,29-31H,3,7-10,13-17H2,1-2,4-6H3/b21-11-,22-12+/t18-,19?,23?,24?,25-,26?,28?/m1/s1. The Bertz CT molecular complexity index is 696. The van der Waals surface area contributed by atoms with Crippen molar-refractivity contribution in [3.8, 4) is 0 Å². The molecule has 0 saturated heterocycles. The van der Waals surface area contributed by atoms with Crippen LogP contribution in [0.3, 0.4) is 0 Å². The molecular weight excluding hydrogens is 384 g/mol. The molecule has 0 amide bonds. The third kappa shape index (κ3) is 5.37. The summed E-state index contributed by atoms with van der Waals surface area (Å²) in [6.07, 6.45) is 13.1. The third-order valence-electron chi connectivity index (χ3n) is 9.29. The first kappa shape index (κ1) is 24.7. The molecule has 7 atom stereocenters. The summed E-state index contributed by atoms with van der Waals surface area (Å²) in [5, 5.41) is 30.6. The summed E-state index contributed by atoms with van der Waals surface area (Å²) in [5.74, 6) is 2.42. The molecule has 0 aliphatic heterocycles. The summed E-state index contributed by atoms with van der Waals surface area (Å²) in [7, 11) is 0. The molecule has 0 radical (unpaired) electrons. The second-order valence-corrected chi connectivity index (χ2v) is 11.8. The van der Waals surface area contributed by atoms with Crippen LogP contribution in [0.4, 0.5) is 0 Å². The van der Waals surface area contributed by atoms with Gasteiger partial charge in [0.05, 0.1) is 17.8 Å². The van der Waals surface area contributed by atoms with Gasteiger partial charge in [0.15, 0.2) is 0 Å². The van der Waals surface area contributed by atoms with Crippen LogP contribution in [0.15, 0.2) is 35.5 Å². The van der Waals surface area contributed by atoms with Gasteiger partial charge in [-0.15, -0.1) is 0 Å². The molecule has 5 unspecified atom stereocenters. The Hall–Kier alpha value is -0.900. The summed E-state index contributed by atoms with van der Waals surface area (Å²) >= 11 is 0. The molecular formula is C28H46O3. The summed E-state index contributed by atoms with van der Waals surface area (Å²) in [5.41, 5.74) is 3.05. The highest BCUT2D eigenvalue weighted by Gasteiger charge is 2.50. The number of hydrogen-bond acceptors (Lipinski definition) is 3. The van der Waals surface area contributed by atoms with Crippen molar-refractivity contribution < 1.29 is 15.3 Å². The fourth-order valence-electron chi connectivity index (χ4n) is 6.71. The Morgan fingerprint density at radius 3 is 2.35 bits per heavy atom. The molecule has 0 aromatic heterocycles. The average Bonchev–Trinajstić information content (AvgIpc) is 3.05. The first-order chi connectivity index (χ1) is 14.4. The number of aliphatic hydroxyl groups excluding tert-OH is 2. The van der Waals surface area contributed by atoms with Crippen molar-refractivity contribution in [2.75, 3.05) is 0 Å². The Morgan fingerprint density at radius 1 is 1.10 bits per heavy atom. The van der Waals surface area contributed by atoms with Gasteiger partial charge in [0.1, 0.15) is 0 Å². The van der Waals surface area contributed by atoms with Crippen LogP contribution in [0.2, 0.25) is 0 Å². The maximum Gasteiger partial charge on any atom is 0.0809 e. The van der Waals surface area contributed by atoms with E-state index in [1.54, 1.807) is 5.57 Å². The average molecular weight is 431 g/mol. The fourth-order valence-corrected chi connectivity index (χ4v) is 6.71. The minimum atomic E-state index is -0.618. The van der Waals surface area contributed by atoms with Gasteiger partial charge in [-0.25, -0.2) is 0 Å². The lowest BCUT2D eigenvalue weighted by Gasteiger charge is -2.44. The van der Waals surface area contributed by atoms with Gasteiger partial charge in [-0.1, -0.05) is 57.1 Å². The normalized spacial score (nSPS) is 39.0. The molecule has 3 aliphatic rings. The van der Waals surface area contributed by atoms with Gasteiger partial charge in [-0.05, 0) is 99.9 Å². The van der Waals surface area contributed by atoms with Crippen molar-refractivity contribution in [1.82, 2.24) is 0 Å². The van der Waals surface area contributed by atoms with Crippen LogP contribution in [0, 0.1) is 29.1 Å². The zero-order chi connectivity index (χ0) is 23.0. The Labute approximate surface area is 190 Å². The van der Waals surface area contributed by atoms with Crippen LogP contribution in [-0.2, 0) is 0 Å². The highest BCUT2D eigenvalue weighted by atomic mass is 16.3. The van der Waals surface area contributed by atoms with E-state index < -0.39 is 17.8 Å². The van der Waals surface area contributed by atoms with Crippen LogP contribution in [0.1, 0.15) is 92.4 Å². The van der Waals surface area contributed by atoms with Gasteiger partial charge < -0.3 is 15.3 Å². The maximum absolute atomic E-state index is 10.3. The number of aliphatic hydroxyl groups is 3. The van der Waals surface area contributed by atoms with Gasteiger partial charge in [-0.3, -0.25) is 0 Å². The Balaban J connectivity index is 1.68. The van der Waals surface area contributed by atoms with Crippen molar-refractivity contribution in [3.05, 3.63) is 35.5 Å². The predicted octanol–water partition coefficient (Wildman–Crippen LogP) is 5.95. The van der Waals surface area contributed by atoms with Crippen LogP contribution in [0.25, 0.3) is 0 Å². The van der Waals surface area contributed by atoms with Crippen LogP contribution in [-0.4, -0.2) is 33.1 Å². The van der Waals surface area contributed by atoms with Crippen molar-refractivity contribution in [3.63, 3.8) is 0 Å². The largest absolute Gasteiger partial charge is 0.390 e. The van der Waals surface area contributed by atoms with E-state index in [1.165, 1.54) is 38.5 Å². The molecule has 0 aromatic carbocycles. The molecule has 176 valence electrons. The zero-order valence-corrected chi connectivity index (χ0v) is 20.5. The lowest BCUT2D eigenvalue weighted by molar-refractivity contribution is 0.0150. The highest BCUT2D eigenvalue weighted by molar-refractivity contribution is 5.29. The molecule has 31 heavy (non-hydrogen) atoms. The van der Waals surface area contributed by atoms with E-state index in [9.17, 15) is 15.3 Å². The van der Waals surface area contributed by atoms with Crippen molar-refractivity contribution in [1.29, 1.82) is 0 Å². The first-order valence-electron chi connectivity index (χ1n) is 12.6. The van der Waals surface area contributed by atoms with E-state index in [-0.39, 0.29) is 0 Å². The monoisotopic (exact) mass is 430 g/mol. The van der Waals surface area contributed by atoms with E-state index in [2.05, 4.69) is 39.5 Å². The van der Waals surface area contributed by atoms with Crippen molar-refractivity contribution in [2.45, 2.75) is 110 Å². The minimum absolute atomic E-state index is 0.325. The fraction of sp³-hybridized carbons (Fsp3) is 0.786. The number of hydrogen-bond donors (Lipinski definition) is 3. The molecule has 0 bridgehead atoms. The Kier molecular flexibility index (Phi) is 7.61. The van der Waals surface area contributed by atoms with E-state index in [4.69, 9.17) is 0 Å². The lowest BCUT2D eigenvalue weighted by Crippen LogP contribution is -2.36. The topological polar surface area (TPSA) is 60.7 Å². The van der Waals surface area contributed by atoms with Crippen LogP contribution in [0.5, 0.6) is 0 Å². The zero-order valence-electron chi connectivity index (χ0n) is 20.5. The van der Waals surface area contributed by atoms with E-state index in [1.807, 2.05) is 13.8 Å². The van der Waals surface area contributed by atoms with E-state index >= 15 is 0 Å². The number of rotatable bonds is 6. The molecule has 3 rings (SSSR count). The number of fused-ring (bicyclic) bond motifs is 1. The molecule has 3 saturated carbocycles. The molecule has 3 N–H and O–H groups in total. The second kappa shape index (κ2) is 9.53. The molecule has 3 heteroatoms. The smallest absolute Gasteiger partial charge is 0.0809 e. The van der Waals surface area contributed by atoms with Crippen LogP contribution >= 0.6 is 0 Å². The van der Waals surface area contributed by atoms with Gasteiger partial charge in [0, 0.05) is 0 Å². The highest BCUT2D eigenvalue weighted by Crippen LogP contribution is 2.60. The molecule has 3 fully saturated rings. The minimum Gasteiger partial charge on any atom is -0.390 e. The van der Waals surface area contributed by atoms with Gasteiger partial charge in [0.25, 0.3) is 0 Å². The molecule has 0 aromatic rings. The summed E-state index contributed by atoms with van der Waals surface area (Å²) in [6.45, 7) is 14.8. The molecule has 3 aliphatic carbocycles. The maximum atomic E-state index is 10.3. The van der Waals surface area contributed by atoms with E-state index in [0.29, 0.717) is 41.6 Å². The number of allylic oxidation sites excluding steroid dienone is 3. The van der Waals surface area contributed by atoms with Gasteiger partial charge in [0.2, 0.25) is 0 Å². The SMILES string of the molecule is C=C1C(O)C/C(=C\C=C2/CCCC3(C)C2CCC3[C@H](C)CCC(C)C(C)(C)O)C[C@H]1O. The second-order valence-electron chi connectivity index (χ2n) is 11.8. The first-order valence-corrected chi connectivity index (χ1v) is 12.6. The molecule has 0 heterocycles. The summed E-state index contributed by atoms with van der Waals surface area (Å²) in [4.78, 5) is 0. The van der Waals surface area contributed by atoms with Crippen molar-refractivity contribution >= 4 is 0 Å². The van der Waals surface area contributed by atoms with Gasteiger partial charge in [-0.2, -0.15) is 0 Å². The third-order valence-corrected chi connectivity index (χ3v) is 9.29. The predicted molar refractivity (Wildman–Crippen MR) is 129 cm³/mol. The lowest BCUT2D eigenvalue weighted by atomic mass is 9.60. The molecule has 0 spiro atoms. The quantitative estimate of drug-likeness (QED) is 0.456. The summed E-state index contributed by atoms with van der Waals surface area (Å²) in [6, 6.07) is 0. The molecule has 3 nitrogen and oxygen atoms in total. The van der Waals surface area contributed by atoms with Crippen molar-refractivity contribution in [2.24, 2.45) is 29.1 Å². The van der Waals surface area contributed by atoms with E-state index in [0.717, 1.165) is 17.9 Å². The van der Waals surface area contributed by atoms with Crippen LogP contribution < -0.4 is 0 Å².